The molecule has 0 aliphatic rings. The molecule has 4 nitrogen and oxygen atoms in total. The van der Waals surface area contributed by atoms with Gasteiger partial charge in [-0.25, -0.2) is 4.79 Å². The summed E-state index contributed by atoms with van der Waals surface area (Å²) in [5, 5.41) is 0. The van der Waals surface area contributed by atoms with Crippen molar-refractivity contribution < 1.29 is 14.3 Å². The molecule has 0 aliphatic heterocycles. The van der Waals surface area contributed by atoms with Gasteiger partial charge in [0.05, 0.1) is 13.2 Å². The van der Waals surface area contributed by atoms with Gasteiger partial charge in [0.1, 0.15) is 6.61 Å². The first-order valence-corrected chi connectivity index (χ1v) is 5.55. The van der Waals surface area contributed by atoms with Crippen LogP contribution in [-0.4, -0.2) is 50.8 Å². The highest BCUT2D eigenvalue weighted by molar-refractivity contribution is 5.86. The molecule has 4 heteroatoms. The molecular weight excluding hydrogens is 206 g/mol. The van der Waals surface area contributed by atoms with E-state index >= 15 is 0 Å². The van der Waals surface area contributed by atoms with Crippen molar-refractivity contribution in [1.82, 2.24) is 4.90 Å². The Kier molecular flexibility index (Phi) is 7.85. The Bertz CT molecular complexity index is 226. The Morgan fingerprint density at radius 3 is 2.44 bits per heavy atom. The van der Waals surface area contributed by atoms with E-state index in [0.29, 0.717) is 24.8 Å². The molecule has 0 aromatic heterocycles. The molecule has 0 amide bonds. The lowest BCUT2D eigenvalue weighted by molar-refractivity contribution is -0.140. The molecule has 0 rings (SSSR count). The first kappa shape index (κ1) is 15.1. The maximum atomic E-state index is 11.0. The minimum atomic E-state index is -0.358. The minimum Gasteiger partial charge on any atom is -0.460 e. The predicted molar refractivity (Wildman–Crippen MR) is 64.4 cm³/mol. The van der Waals surface area contributed by atoms with Gasteiger partial charge < -0.3 is 14.4 Å². The molecule has 1 unspecified atom stereocenters. The molecule has 0 spiro atoms. The largest absolute Gasteiger partial charge is 0.460 e. The van der Waals surface area contributed by atoms with E-state index in [0.717, 1.165) is 6.42 Å². The molecule has 0 saturated heterocycles. The summed E-state index contributed by atoms with van der Waals surface area (Å²) in [6, 6.07) is 0.414. The Labute approximate surface area is 98.2 Å². The molecule has 0 saturated carbocycles. The molecule has 0 aromatic carbocycles. The van der Waals surface area contributed by atoms with Gasteiger partial charge >= 0.3 is 5.97 Å². The van der Waals surface area contributed by atoms with Crippen molar-refractivity contribution in [3.05, 3.63) is 12.2 Å². The number of carbonyl (C=O) groups excluding carboxylic acids is 1. The van der Waals surface area contributed by atoms with E-state index in [9.17, 15) is 4.79 Å². The van der Waals surface area contributed by atoms with Crippen LogP contribution < -0.4 is 0 Å². The number of carbonyl (C=O) groups is 1. The zero-order valence-corrected chi connectivity index (χ0v) is 10.8. The third-order valence-electron chi connectivity index (χ3n) is 2.32. The highest BCUT2D eigenvalue weighted by Gasteiger charge is 2.08. The van der Waals surface area contributed by atoms with Gasteiger partial charge in [0, 0.05) is 11.6 Å². The Morgan fingerprint density at radius 2 is 2.00 bits per heavy atom. The van der Waals surface area contributed by atoms with Crippen LogP contribution in [0.4, 0.5) is 0 Å². The van der Waals surface area contributed by atoms with Crippen molar-refractivity contribution in [3.63, 3.8) is 0 Å². The topological polar surface area (TPSA) is 38.8 Å². The first-order valence-electron chi connectivity index (χ1n) is 5.55. The average Bonchev–Trinajstić information content (AvgIpc) is 2.22. The molecule has 94 valence electrons. The standard InChI is InChI=1S/C12H23NO3/c1-6-11(13(4)5)9-15-7-8-16-12(14)10(2)3/h11H,2,6-9H2,1,3-5H3. The maximum Gasteiger partial charge on any atom is 0.333 e. The number of ether oxygens (including phenoxy) is 2. The molecular formula is C12H23NO3. The summed E-state index contributed by atoms with van der Waals surface area (Å²) in [6.45, 7) is 8.63. The lowest BCUT2D eigenvalue weighted by Crippen LogP contribution is -2.32. The van der Waals surface area contributed by atoms with Gasteiger partial charge in [-0.15, -0.1) is 0 Å². The summed E-state index contributed by atoms with van der Waals surface area (Å²) in [4.78, 5) is 13.1. The van der Waals surface area contributed by atoms with Crippen molar-refractivity contribution in [2.45, 2.75) is 26.3 Å². The van der Waals surface area contributed by atoms with Crippen LogP contribution in [0.15, 0.2) is 12.2 Å². The van der Waals surface area contributed by atoms with Gasteiger partial charge in [-0.2, -0.15) is 0 Å². The number of likely N-dealkylation sites (N-methyl/N-ethyl adjacent to an activating group) is 1. The second-order valence-corrected chi connectivity index (χ2v) is 4.02. The lowest BCUT2D eigenvalue weighted by Gasteiger charge is -2.22. The monoisotopic (exact) mass is 229 g/mol. The normalized spacial score (nSPS) is 12.6. The summed E-state index contributed by atoms with van der Waals surface area (Å²) in [7, 11) is 4.05. The number of nitrogens with zero attached hydrogens (tertiary/aromatic N) is 1. The Morgan fingerprint density at radius 1 is 1.38 bits per heavy atom. The first-order chi connectivity index (χ1) is 7.49. The second kappa shape index (κ2) is 8.30. The van der Waals surface area contributed by atoms with Crippen LogP contribution in [-0.2, 0) is 14.3 Å². The maximum absolute atomic E-state index is 11.0. The molecule has 0 aromatic rings. The number of rotatable bonds is 8. The summed E-state index contributed by atoms with van der Waals surface area (Å²) in [5.41, 5.74) is 0.416. The smallest absolute Gasteiger partial charge is 0.333 e. The van der Waals surface area contributed by atoms with Gasteiger partial charge in [-0.3, -0.25) is 0 Å². The van der Waals surface area contributed by atoms with E-state index in [2.05, 4.69) is 18.4 Å². The summed E-state index contributed by atoms with van der Waals surface area (Å²) < 4.78 is 10.3. The van der Waals surface area contributed by atoms with Crippen LogP contribution in [0.3, 0.4) is 0 Å². The number of esters is 1. The fourth-order valence-corrected chi connectivity index (χ4v) is 1.17. The predicted octanol–water partition coefficient (Wildman–Crippen LogP) is 1.46. The van der Waals surface area contributed by atoms with E-state index < -0.39 is 0 Å². The van der Waals surface area contributed by atoms with Crippen molar-refractivity contribution in [3.8, 4) is 0 Å². The van der Waals surface area contributed by atoms with Crippen LogP contribution in [0.1, 0.15) is 20.3 Å². The zero-order chi connectivity index (χ0) is 12.6. The van der Waals surface area contributed by atoms with E-state index in [1.807, 2.05) is 14.1 Å². The molecule has 16 heavy (non-hydrogen) atoms. The van der Waals surface area contributed by atoms with Gasteiger partial charge in [0.15, 0.2) is 0 Å². The Balaban J connectivity index is 3.53. The molecule has 1 atom stereocenters. The van der Waals surface area contributed by atoms with E-state index in [1.54, 1.807) is 6.92 Å². The quantitative estimate of drug-likeness (QED) is 0.359. The summed E-state index contributed by atoms with van der Waals surface area (Å²) in [6.07, 6.45) is 1.04. The zero-order valence-electron chi connectivity index (χ0n) is 10.8. The van der Waals surface area contributed by atoms with Gasteiger partial charge in [0.2, 0.25) is 0 Å². The highest BCUT2D eigenvalue weighted by Crippen LogP contribution is 1.99. The highest BCUT2D eigenvalue weighted by atomic mass is 16.6. The Hall–Kier alpha value is -0.870. The van der Waals surface area contributed by atoms with Crippen LogP contribution in [0.5, 0.6) is 0 Å². The van der Waals surface area contributed by atoms with Crippen LogP contribution in [0.25, 0.3) is 0 Å². The summed E-state index contributed by atoms with van der Waals surface area (Å²) >= 11 is 0. The van der Waals surface area contributed by atoms with Crippen molar-refractivity contribution in [2.24, 2.45) is 0 Å². The minimum absolute atomic E-state index is 0.287. The fraction of sp³-hybridized carbons (Fsp3) is 0.750. The van der Waals surface area contributed by atoms with Crippen molar-refractivity contribution in [1.29, 1.82) is 0 Å². The van der Waals surface area contributed by atoms with E-state index in [-0.39, 0.29) is 12.6 Å². The molecule has 0 radical (unpaired) electrons. The van der Waals surface area contributed by atoms with Crippen LogP contribution >= 0.6 is 0 Å². The van der Waals surface area contributed by atoms with Gasteiger partial charge in [-0.05, 0) is 27.4 Å². The fourth-order valence-electron chi connectivity index (χ4n) is 1.17. The van der Waals surface area contributed by atoms with Crippen LogP contribution in [0.2, 0.25) is 0 Å². The molecule has 0 N–H and O–H groups in total. The summed E-state index contributed by atoms with van der Waals surface area (Å²) in [5.74, 6) is -0.358. The van der Waals surface area contributed by atoms with E-state index in [4.69, 9.17) is 9.47 Å². The lowest BCUT2D eigenvalue weighted by atomic mass is 10.2. The second-order valence-electron chi connectivity index (χ2n) is 4.02. The van der Waals surface area contributed by atoms with Crippen molar-refractivity contribution in [2.75, 3.05) is 33.9 Å². The van der Waals surface area contributed by atoms with Crippen molar-refractivity contribution >= 4 is 5.97 Å². The molecule has 0 aliphatic carbocycles. The SMILES string of the molecule is C=C(C)C(=O)OCCOCC(CC)N(C)C. The number of hydrogen-bond acceptors (Lipinski definition) is 4. The average molecular weight is 229 g/mol. The third kappa shape index (κ3) is 6.58. The van der Waals surface area contributed by atoms with Crippen LogP contribution in [0, 0.1) is 0 Å². The molecule has 0 fully saturated rings. The molecule has 0 bridgehead atoms. The van der Waals surface area contributed by atoms with Gasteiger partial charge in [0.25, 0.3) is 0 Å². The number of hydrogen-bond donors (Lipinski definition) is 0. The van der Waals surface area contributed by atoms with E-state index in [1.165, 1.54) is 0 Å². The third-order valence-corrected chi connectivity index (χ3v) is 2.32. The van der Waals surface area contributed by atoms with Gasteiger partial charge in [-0.1, -0.05) is 13.5 Å². The molecule has 0 heterocycles.